The van der Waals surface area contributed by atoms with Gasteiger partial charge in [-0.05, 0) is 67.6 Å². The molecule has 0 aromatic heterocycles. The first-order valence-corrected chi connectivity index (χ1v) is 15.8. The van der Waals surface area contributed by atoms with Gasteiger partial charge >= 0.3 is 6.09 Å². The second-order valence-electron chi connectivity index (χ2n) is 12.5. The Morgan fingerprint density at radius 1 is 0.844 bits per heavy atom. The molecule has 0 aliphatic carbocycles. The molecule has 4 aromatic carbocycles. The SMILES string of the molecule is COC(COCc1ccccc1)COc1ccccc1C1C(OCc2ccc3ccccc3c2)CCCN1C(=O)OC(C)(C)C. The van der Waals surface area contributed by atoms with Crippen LogP contribution in [0, 0.1) is 0 Å². The third kappa shape index (κ3) is 9.07. The Morgan fingerprint density at radius 2 is 1.58 bits per heavy atom. The Morgan fingerprint density at radius 3 is 2.36 bits per heavy atom. The molecule has 3 atom stereocenters. The van der Waals surface area contributed by atoms with E-state index >= 15 is 0 Å². The number of likely N-dealkylation sites (tertiary alicyclic amines) is 1. The molecule has 0 N–H and O–H groups in total. The lowest BCUT2D eigenvalue weighted by Gasteiger charge is -2.42. The van der Waals surface area contributed by atoms with Gasteiger partial charge in [0.15, 0.2) is 0 Å². The minimum Gasteiger partial charge on any atom is -0.490 e. The zero-order valence-electron chi connectivity index (χ0n) is 26.8. The van der Waals surface area contributed by atoms with Gasteiger partial charge in [0.05, 0.1) is 32.0 Å². The number of ether oxygens (including phenoxy) is 5. The summed E-state index contributed by atoms with van der Waals surface area (Å²) in [5.74, 6) is 0.683. The van der Waals surface area contributed by atoms with Crippen LogP contribution in [0.15, 0.2) is 97.1 Å². The van der Waals surface area contributed by atoms with Crippen molar-refractivity contribution in [3.05, 3.63) is 114 Å². The van der Waals surface area contributed by atoms with Crippen molar-refractivity contribution in [2.24, 2.45) is 0 Å². The molecule has 7 nitrogen and oxygen atoms in total. The molecule has 0 bridgehead atoms. The zero-order valence-corrected chi connectivity index (χ0v) is 26.8. The standard InChI is InChI=1S/C38H45NO6/c1-38(2,3)45-37(40)39-22-12-19-35(43-25-29-20-21-30-15-8-9-16-31(30)23-29)36(39)33-17-10-11-18-34(33)44-27-32(41-4)26-42-24-28-13-6-5-7-14-28/h5-11,13-18,20-21,23,32,35-36H,12,19,22,24-27H2,1-4H3. The highest BCUT2D eigenvalue weighted by Crippen LogP contribution is 2.39. The highest BCUT2D eigenvalue weighted by molar-refractivity contribution is 5.82. The summed E-state index contributed by atoms with van der Waals surface area (Å²) in [5.41, 5.74) is 2.45. The topological polar surface area (TPSA) is 66.5 Å². The summed E-state index contributed by atoms with van der Waals surface area (Å²) in [4.78, 5) is 15.4. The average Bonchev–Trinajstić information content (AvgIpc) is 3.05. The van der Waals surface area contributed by atoms with E-state index in [0.717, 1.165) is 29.5 Å². The lowest BCUT2D eigenvalue weighted by atomic mass is 9.91. The Kier molecular flexibility index (Phi) is 11.1. The minimum absolute atomic E-state index is 0.255. The van der Waals surface area contributed by atoms with Crippen LogP contribution in [0.2, 0.25) is 0 Å². The number of para-hydroxylation sites is 1. The Labute approximate surface area is 267 Å². The number of rotatable bonds is 12. The molecule has 4 aromatic rings. The molecule has 0 saturated carbocycles. The van der Waals surface area contributed by atoms with Crippen LogP contribution in [0.25, 0.3) is 10.8 Å². The second kappa shape index (κ2) is 15.4. The van der Waals surface area contributed by atoms with E-state index in [1.54, 1.807) is 12.0 Å². The Bertz CT molecular complexity index is 1520. The van der Waals surface area contributed by atoms with E-state index in [0.29, 0.717) is 38.7 Å². The number of fused-ring (bicyclic) bond motifs is 1. The van der Waals surface area contributed by atoms with Crippen LogP contribution in [0.5, 0.6) is 5.75 Å². The van der Waals surface area contributed by atoms with Crippen molar-refractivity contribution in [3.63, 3.8) is 0 Å². The maximum atomic E-state index is 13.6. The fourth-order valence-corrected chi connectivity index (χ4v) is 5.67. The molecule has 1 aliphatic heterocycles. The Balaban J connectivity index is 1.34. The van der Waals surface area contributed by atoms with Crippen molar-refractivity contribution in [1.82, 2.24) is 4.90 Å². The molecule has 0 radical (unpaired) electrons. The monoisotopic (exact) mass is 611 g/mol. The summed E-state index contributed by atoms with van der Waals surface area (Å²) in [7, 11) is 1.66. The zero-order chi connectivity index (χ0) is 31.6. The van der Waals surface area contributed by atoms with E-state index in [4.69, 9.17) is 23.7 Å². The maximum absolute atomic E-state index is 13.6. The van der Waals surface area contributed by atoms with Crippen LogP contribution in [0.3, 0.4) is 0 Å². The van der Waals surface area contributed by atoms with Gasteiger partial charge in [-0.25, -0.2) is 4.79 Å². The van der Waals surface area contributed by atoms with Crippen molar-refractivity contribution in [1.29, 1.82) is 0 Å². The smallest absolute Gasteiger partial charge is 0.410 e. The van der Waals surface area contributed by atoms with Crippen molar-refractivity contribution in [2.75, 3.05) is 26.9 Å². The highest BCUT2D eigenvalue weighted by atomic mass is 16.6. The van der Waals surface area contributed by atoms with E-state index in [2.05, 4.69) is 30.3 Å². The lowest BCUT2D eigenvalue weighted by molar-refractivity contribution is -0.0610. The molecule has 7 heteroatoms. The van der Waals surface area contributed by atoms with Crippen molar-refractivity contribution in [3.8, 4) is 5.75 Å². The summed E-state index contributed by atoms with van der Waals surface area (Å²) in [6.45, 7) is 7.85. The van der Waals surface area contributed by atoms with Gasteiger partial charge in [0.25, 0.3) is 0 Å². The van der Waals surface area contributed by atoms with Crippen LogP contribution >= 0.6 is 0 Å². The van der Waals surface area contributed by atoms with Gasteiger partial charge < -0.3 is 23.7 Å². The molecule has 3 unspecified atom stereocenters. The number of piperidine rings is 1. The largest absolute Gasteiger partial charge is 0.490 e. The summed E-state index contributed by atoms with van der Waals surface area (Å²) >= 11 is 0. The first-order chi connectivity index (χ1) is 21.8. The summed E-state index contributed by atoms with van der Waals surface area (Å²) in [6.07, 6.45) is 0.737. The molecule has 238 valence electrons. The molecule has 1 heterocycles. The number of hydrogen-bond acceptors (Lipinski definition) is 6. The van der Waals surface area contributed by atoms with Crippen molar-refractivity contribution >= 4 is 16.9 Å². The van der Waals surface area contributed by atoms with Crippen molar-refractivity contribution < 1.29 is 28.5 Å². The fourth-order valence-electron chi connectivity index (χ4n) is 5.67. The summed E-state index contributed by atoms with van der Waals surface area (Å²) < 4.78 is 30.5. The molecular formula is C38H45NO6. The van der Waals surface area contributed by atoms with Gasteiger partial charge in [-0.1, -0.05) is 84.9 Å². The number of carbonyl (C=O) groups excluding carboxylic acids is 1. The quantitative estimate of drug-likeness (QED) is 0.161. The van der Waals surface area contributed by atoms with Crippen LogP contribution in [-0.4, -0.2) is 55.7 Å². The Hall–Kier alpha value is -3.91. The van der Waals surface area contributed by atoms with Gasteiger partial charge in [-0.3, -0.25) is 4.90 Å². The van der Waals surface area contributed by atoms with Crippen LogP contribution in [0.4, 0.5) is 4.79 Å². The van der Waals surface area contributed by atoms with E-state index < -0.39 is 5.60 Å². The number of methoxy groups -OCH3 is 1. The van der Waals surface area contributed by atoms with Crippen LogP contribution in [-0.2, 0) is 32.2 Å². The molecular weight excluding hydrogens is 566 g/mol. The van der Waals surface area contributed by atoms with Gasteiger partial charge in [0.2, 0.25) is 0 Å². The van der Waals surface area contributed by atoms with E-state index in [1.807, 2.05) is 87.5 Å². The van der Waals surface area contributed by atoms with E-state index in [-0.39, 0.29) is 24.3 Å². The van der Waals surface area contributed by atoms with Gasteiger partial charge in [0, 0.05) is 19.2 Å². The number of amides is 1. The van der Waals surface area contributed by atoms with E-state index in [9.17, 15) is 4.79 Å². The lowest BCUT2D eigenvalue weighted by Crippen LogP contribution is -2.48. The molecule has 1 fully saturated rings. The predicted molar refractivity (Wildman–Crippen MR) is 176 cm³/mol. The molecule has 1 amide bonds. The number of hydrogen-bond donors (Lipinski definition) is 0. The number of nitrogens with zero attached hydrogens (tertiary/aromatic N) is 1. The minimum atomic E-state index is -0.623. The van der Waals surface area contributed by atoms with Crippen LogP contribution < -0.4 is 4.74 Å². The van der Waals surface area contributed by atoms with E-state index in [1.165, 1.54) is 10.8 Å². The highest BCUT2D eigenvalue weighted by Gasteiger charge is 2.39. The average molecular weight is 612 g/mol. The third-order valence-corrected chi connectivity index (χ3v) is 7.89. The normalized spacial score (nSPS) is 17.6. The van der Waals surface area contributed by atoms with Gasteiger partial charge in [0.1, 0.15) is 24.1 Å². The number of carbonyl (C=O) groups is 1. The second-order valence-corrected chi connectivity index (χ2v) is 12.5. The fraction of sp³-hybridized carbons (Fsp3) is 0.395. The molecule has 0 spiro atoms. The third-order valence-electron chi connectivity index (χ3n) is 7.89. The summed E-state index contributed by atoms with van der Waals surface area (Å²) in [5, 5.41) is 2.37. The first kappa shape index (κ1) is 32.5. The van der Waals surface area contributed by atoms with Crippen molar-refractivity contribution in [2.45, 2.75) is 70.7 Å². The molecule has 5 rings (SSSR count). The number of benzene rings is 4. The van der Waals surface area contributed by atoms with Crippen LogP contribution in [0.1, 0.15) is 56.3 Å². The molecule has 1 saturated heterocycles. The van der Waals surface area contributed by atoms with Gasteiger partial charge in [-0.2, -0.15) is 0 Å². The molecule has 45 heavy (non-hydrogen) atoms. The molecule has 1 aliphatic rings. The maximum Gasteiger partial charge on any atom is 0.410 e. The summed E-state index contributed by atoms with van der Waals surface area (Å²) in [6, 6.07) is 32.2. The van der Waals surface area contributed by atoms with Gasteiger partial charge in [-0.15, -0.1) is 0 Å². The predicted octanol–water partition coefficient (Wildman–Crippen LogP) is 8.11. The first-order valence-electron chi connectivity index (χ1n) is 15.8.